The second kappa shape index (κ2) is 9.67. The molecular weight excluding hydrogens is 486 g/mol. The van der Waals surface area contributed by atoms with Crippen LogP contribution in [0.1, 0.15) is 37.7 Å². The van der Waals surface area contributed by atoms with Gasteiger partial charge in [-0.15, -0.1) is 0 Å². The zero-order chi connectivity index (χ0) is 26.6. The third-order valence-electron chi connectivity index (χ3n) is 7.80. The molecule has 4 aromatic rings. The van der Waals surface area contributed by atoms with Gasteiger partial charge in [0.1, 0.15) is 23.0 Å². The fourth-order valence-corrected chi connectivity index (χ4v) is 5.90. The summed E-state index contributed by atoms with van der Waals surface area (Å²) in [7, 11) is 2.18. The molecule has 2 aliphatic heterocycles. The number of aryl methyl sites for hydroxylation is 1. The summed E-state index contributed by atoms with van der Waals surface area (Å²) in [5.74, 6) is 1.23. The van der Waals surface area contributed by atoms with Crippen LogP contribution in [0.25, 0.3) is 22.2 Å². The number of rotatable bonds is 6. The van der Waals surface area contributed by atoms with Gasteiger partial charge in [-0.25, -0.2) is 28.7 Å². The molecule has 10 heteroatoms. The van der Waals surface area contributed by atoms with Crippen molar-refractivity contribution in [2.45, 2.75) is 45.8 Å². The highest BCUT2D eigenvalue weighted by Crippen LogP contribution is 2.34. The molecule has 2 saturated heterocycles. The lowest BCUT2D eigenvalue weighted by Crippen LogP contribution is -2.62. The molecule has 0 saturated carbocycles. The Hall–Kier alpha value is -3.50. The predicted octanol–water partition coefficient (Wildman–Crippen LogP) is 4.94. The highest BCUT2D eigenvalue weighted by atomic mass is 19.1. The van der Waals surface area contributed by atoms with Gasteiger partial charge in [-0.2, -0.15) is 0 Å². The molecule has 0 amide bonds. The predicted molar refractivity (Wildman–Crippen MR) is 143 cm³/mol. The van der Waals surface area contributed by atoms with E-state index >= 15 is 0 Å². The summed E-state index contributed by atoms with van der Waals surface area (Å²) in [6.07, 6.45) is 6.03. The Bertz CT molecular complexity index is 1480. The monoisotopic (exact) mass is 518 g/mol. The minimum atomic E-state index is -0.542. The molecule has 2 fully saturated rings. The summed E-state index contributed by atoms with van der Waals surface area (Å²) in [6, 6.07) is 5.34. The van der Waals surface area contributed by atoms with E-state index in [4.69, 9.17) is 0 Å². The summed E-state index contributed by atoms with van der Waals surface area (Å²) in [4.78, 5) is 22.3. The van der Waals surface area contributed by atoms with Crippen LogP contribution >= 0.6 is 0 Å². The van der Waals surface area contributed by atoms with Crippen LogP contribution in [0, 0.1) is 24.5 Å². The fraction of sp³-hybridized carbons (Fsp3) is 0.429. The van der Waals surface area contributed by atoms with Crippen molar-refractivity contribution >= 4 is 22.8 Å². The van der Waals surface area contributed by atoms with E-state index in [9.17, 15) is 8.78 Å². The van der Waals surface area contributed by atoms with Crippen molar-refractivity contribution < 1.29 is 8.78 Å². The zero-order valence-electron chi connectivity index (χ0n) is 22.1. The summed E-state index contributed by atoms with van der Waals surface area (Å²) in [5, 5.41) is 3.05. The van der Waals surface area contributed by atoms with E-state index in [1.54, 1.807) is 12.1 Å². The molecule has 38 heavy (non-hydrogen) atoms. The van der Waals surface area contributed by atoms with Crippen molar-refractivity contribution in [2.24, 2.45) is 5.92 Å². The van der Waals surface area contributed by atoms with Crippen molar-refractivity contribution in [3.63, 3.8) is 0 Å². The van der Waals surface area contributed by atoms with Crippen molar-refractivity contribution in [3.8, 4) is 11.1 Å². The Morgan fingerprint density at radius 1 is 1.03 bits per heavy atom. The Morgan fingerprint density at radius 3 is 2.58 bits per heavy atom. The Kier molecular flexibility index (Phi) is 6.31. The highest BCUT2D eigenvalue weighted by Gasteiger charge is 2.41. The number of nitrogens with one attached hydrogen (secondary N) is 1. The fourth-order valence-electron chi connectivity index (χ4n) is 5.90. The maximum absolute atomic E-state index is 15.0. The third-order valence-corrected chi connectivity index (χ3v) is 7.80. The quantitative estimate of drug-likeness (QED) is 0.388. The standard InChI is InChI=1S/C28H32F2N8/c1-16(2)38-17(3)34-27-22(29)7-20(8-24(27)38)21-9-26(31-12-23(21)30)35-28-32-10-18(11-33-28)13-37-14-19-5-6-36(4)15-25(19)37/h7-12,16,19,25H,5-6,13-15H2,1-4H3,(H,31,32,33,35)/t19?,25-/m1/s1. The number of likely N-dealkylation sites (N-methyl/N-ethyl adjacent to an activating group) is 1. The number of anilines is 2. The lowest BCUT2D eigenvalue weighted by Gasteiger charge is -2.53. The van der Waals surface area contributed by atoms with Gasteiger partial charge in [-0.3, -0.25) is 4.90 Å². The summed E-state index contributed by atoms with van der Waals surface area (Å²) >= 11 is 0. The van der Waals surface area contributed by atoms with E-state index in [-0.39, 0.29) is 17.1 Å². The van der Waals surface area contributed by atoms with Crippen LogP contribution in [0.2, 0.25) is 0 Å². The lowest BCUT2D eigenvalue weighted by atomic mass is 9.82. The molecule has 0 radical (unpaired) electrons. The molecule has 2 aliphatic rings. The van der Waals surface area contributed by atoms with E-state index in [2.05, 4.69) is 42.1 Å². The van der Waals surface area contributed by atoms with Crippen LogP contribution in [0.3, 0.4) is 0 Å². The molecule has 1 N–H and O–H groups in total. The number of benzene rings is 1. The van der Waals surface area contributed by atoms with Gasteiger partial charge in [0.15, 0.2) is 5.82 Å². The van der Waals surface area contributed by atoms with E-state index in [1.807, 2.05) is 37.7 Å². The number of imidazole rings is 1. The van der Waals surface area contributed by atoms with Crippen LogP contribution in [0.15, 0.2) is 36.8 Å². The first-order valence-corrected chi connectivity index (χ1v) is 13.1. The zero-order valence-corrected chi connectivity index (χ0v) is 22.1. The molecular formula is C28H32F2N8. The van der Waals surface area contributed by atoms with Gasteiger partial charge in [0.05, 0.1) is 11.7 Å². The van der Waals surface area contributed by atoms with E-state index in [0.29, 0.717) is 34.7 Å². The number of likely N-dealkylation sites (tertiary alicyclic amines) is 2. The second-order valence-corrected chi connectivity index (χ2v) is 10.8. The van der Waals surface area contributed by atoms with E-state index < -0.39 is 11.6 Å². The smallest absolute Gasteiger partial charge is 0.228 e. The molecule has 5 heterocycles. The Balaban J connectivity index is 1.20. The van der Waals surface area contributed by atoms with Gasteiger partial charge in [0.2, 0.25) is 5.95 Å². The van der Waals surface area contributed by atoms with Crippen LogP contribution in [-0.2, 0) is 6.54 Å². The van der Waals surface area contributed by atoms with Crippen LogP contribution in [0.5, 0.6) is 0 Å². The number of nitrogens with zero attached hydrogens (tertiary/aromatic N) is 7. The van der Waals surface area contributed by atoms with Crippen LogP contribution < -0.4 is 5.32 Å². The first-order chi connectivity index (χ1) is 18.3. The highest BCUT2D eigenvalue weighted by molar-refractivity contribution is 5.84. The van der Waals surface area contributed by atoms with Crippen LogP contribution in [-0.4, -0.2) is 67.0 Å². The number of hydrogen-bond donors (Lipinski definition) is 1. The number of pyridine rings is 1. The lowest BCUT2D eigenvalue weighted by molar-refractivity contribution is -0.0433. The van der Waals surface area contributed by atoms with Crippen molar-refractivity contribution in [1.29, 1.82) is 0 Å². The summed E-state index contributed by atoms with van der Waals surface area (Å²) in [6.45, 7) is 10.1. The summed E-state index contributed by atoms with van der Waals surface area (Å²) < 4.78 is 31.8. The molecule has 1 unspecified atom stereocenters. The topological polar surface area (TPSA) is 75.0 Å². The first kappa shape index (κ1) is 24.8. The molecule has 6 rings (SSSR count). The van der Waals surface area contributed by atoms with Gasteiger partial charge < -0.3 is 14.8 Å². The normalized spacial score (nSPS) is 20.1. The molecule has 8 nitrogen and oxygen atoms in total. The average molecular weight is 519 g/mol. The average Bonchev–Trinajstić information content (AvgIpc) is 3.22. The van der Waals surface area contributed by atoms with Gasteiger partial charge in [-0.1, -0.05) is 0 Å². The van der Waals surface area contributed by atoms with Gasteiger partial charge >= 0.3 is 0 Å². The SMILES string of the molecule is Cc1nc2c(F)cc(-c3cc(Nc4ncc(CN5CC6CCN(C)C[C@H]65)cn4)ncc3F)cc2n1C(C)C. The summed E-state index contributed by atoms with van der Waals surface area (Å²) in [5.41, 5.74) is 2.61. The van der Waals surface area contributed by atoms with Gasteiger partial charge in [0.25, 0.3) is 0 Å². The second-order valence-electron chi connectivity index (χ2n) is 10.8. The van der Waals surface area contributed by atoms with Crippen molar-refractivity contribution in [3.05, 3.63) is 59.8 Å². The minimum Gasteiger partial charge on any atom is -0.326 e. The maximum Gasteiger partial charge on any atom is 0.228 e. The molecule has 2 atom stereocenters. The third kappa shape index (κ3) is 4.52. The van der Waals surface area contributed by atoms with Gasteiger partial charge in [0, 0.05) is 55.2 Å². The maximum atomic E-state index is 15.0. The number of aromatic nitrogens is 5. The number of fused-ring (bicyclic) bond motifs is 2. The van der Waals surface area contributed by atoms with Crippen LogP contribution in [0.4, 0.5) is 20.5 Å². The Morgan fingerprint density at radius 2 is 1.82 bits per heavy atom. The first-order valence-electron chi connectivity index (χ1n) is 13.1. The van der Waals surface area contributed by atoms with E-state index in [1.165, 1.54) is 19.0 Å². The molecule has 0 spiro atoms. The van der Waals surface area contributed by atoms with Gasteiger partial charge in [-0.05, 0) is 70.5 Å². The molecule has 198 valence electrons. The number of halogens is 2. The van der Waals surface area contributed by atoms with Crippen molar-refractivity contribution in [1.82, 2.24) is 34.3 Å². The molecule has 3 aromatic heterocycles. The largest absolute Gasteiger partial charge is 0.326 e. The Labute approximate surface area is 220 Å². The molecule has 1 aromatic carbocycles. The minimum absolute atomic E-state index is 0.0841. The molecule has 0 bridgehead atoms. The number of piperidine rings is 1. The van der Waals surface area contributed by atoms with E-state index in [0.717, 1.165) is 37.3 Å². The van der Waals surface area contributed by atoms with Crippen molar-refractivity contribution in [2.75, 3.05) is 32.0 Å². The number of hydrogen-bond acceptors (Lipinski definition) is 7. The molecule has 0 aliphatic carbocycles.